The highest BCUT2D eigenvalue weighted by molar-refractivity contribution is 5.46. The quantitative estimate of drug-likeness (QED) is 0.855. The summed E-state index contributed by atoms with van der Waals surface area (Å²) in [5, 5.41) is 3.64. The van der Waals surface area contributed by atoms with Crippen molar-refractivity contribution < 1.29 is 0 Å². The number of anilines is 2. The first-order valence-corrected chi connectivity index (χ1v) is 7.92. The van der Waals surface area contributed by atoms with E-state index in [1.165, 1.54) is 32.1 Å². The van der Waals surface area contributed by atoms with Crippen molar-refractivity contribution in [2.45, 2.75) is 44.1 Å². The lowest BCUT2D eigenvalue weighted by Crippen LogP contribution is -2.40. The van der Waals surface area contributed by atoms with Gasteiger partial charge in [-0.25, -0.2) is 4.98 Å². The van der Waals surface area contributed by atoms with Crippen molar-refractivity contribution in [1.29, 1.82) is 0 Å². The van der Waals surface area contributed by atoms with Crippen LogP contribution in [0.1, 0.15) is 43.7 Å². The van der Waals surface area contributed by atoms with E-state index < -0.39 is 0 Å². The SMILES string of the molecule is Nc1nc(C2CCC2)cc(N2C[C@H]3CCCN[C@H]3C2)n1. The molecule has 0 spiro atoms. The molecule has 3 aliphatic rings. The van der Waals surface area contributed by atoms with Crippen LogP contribution in [0.15, 0.2) is 6.07 Å². The molecule has 3 fully saturated rings. The van der Waals surface area contributed by atoms with Crippen LogP contribution in [0.4, 0.5) is 11.8 Å². The van der Waals surface area contributed by atoms with Gasteiger partial charge in [0.05, 0.1) is 5.69 Å². The van der Waals surface area contributed by atoms with Crippen LogP contribution >= 0.6 is 0 Å². The Kier molecular flexibility index (Phi) is 3.02. The van der Waals surface area contributed by atoms with E-state index in [9.17, 15) is 0 Å². The Bertz CT molecular complexity index is 485. The van der Waals surface area contributed by atoms with Crippen LogP contribution in [0.25, 0.3) is 0 Å². The summed E-state index contributed by atoms with van der Waals surface area (Å²) < 4.78 is 0. The number of nitrogen functional groups attached to an aromatic ring is 1. The van der Waals surface area contributed by atoms with Gasteiger partial charge in [-0.15, -0.1) is 0 Å². The summed E-state index contributed by atoms with van der Waals surface area (Å²) in [4.78, 5) is 11.3. The van der Waals surface area contributed by atoms with Gasteiger partial charge in [0.25, 0.3) is 0 Å². The summed E-state index contributed by atoms with van der Waals surface area (Å²) >= 11 is 0. The Labute approximate surface area is 120 Å². The molecule has 1 aromatic rings. The summed E-state index contributed by atoms with van der Waals surface area (Å²) in [6, 6.07) is 2.81. The smallest absolute Gasteiger partial charge is 0.222 e. The molecule has 2 saturated heterocycles. The Hall–Kier alpha value is -1.36. The van der Waals surface area contributed by atoms with Gasteiger partial charge >= 0.3 is 0 Å². The Balaban J connectivity index is 1.57. The predicted molar refractivity (Wildman–Crippen MR) is 79.8 cm³/mol. The summed E-state index contributed by atoms with van der Waals surface area (Å²) in [5.41, 5.74) is 7.08. The third-order valence-electron chi connectivity index (χ3n) is 5.20. The maximum absolute atomic E-state index is 5.93. The molecule has 0 amide bonds. The molecule has 4 rings (SSSR count). The first-order valence-electron chi connectivity index (χ1n) is 7.92. The summed E-state index contributed by atoms with van der Waals surface area (Å²) in [7, 11) is 0. The molecule has 1 aliphatic carbocycles. The number of nitrogens with zero attached hydrogens (tertiary/aromatic N) is 3. The normalized spacial score (nSPS) is 30.1. The van der Waals surface area contributed by atoms with Crippen LogP contribution in [-0.2, 0) is 0 Å². The van der Waals surface area contributed by atoms with Crippen molar-refractivity contribution in [2.75, 3.05) is 30.3 Å². The third kappa shape index (κ3) is 2.14. The minimum Gasteiger partial charge on any atom is -0.368 e. The first-order chi connectivity index (χ1) is 9.79. The van der Waals surface area contributed by atoms with Gasteiger partial charge in [0.15, 0.2) is 0 Å². The van der Waals surface area contributed by atoms with Crippen LogP contribution in [-0.4, -0.2) is 35.6 Å². The lowest BCUT2D eigenvalue weighted by Gasteiger charge is -2.26. The van der Waals surface area contributed by atoms with Crippen molar-refractivity contribution in [1.82, 2.24) is 15.3 Å². The van der Waals surface area contributed by atoms with E-state index in [0.717, 1.165) is 37.1 Å². The van der Waals surface area contributed by atoms with Crippen LogP contribution in [0, 0.1) is 5.92 Å². The second kappa shape index (κ2) is 4.88. The molecule has 0 bridgehead atoms. The molecular formula is C15H23N5. The summed E-state index contributed by atoms with van der Waals surface area (Å²) in [6.07, 6.45) is 6.46. The van der Waals surface area contributed by atoms with E-state index in [2.05, 4.69) is 26.3 Å². The number of nitrogens with one attached hydrogen (secondary N) is 1. The number of aromatic nitrogens is 2. The van der Waals surface area contributed by atoms with Gasteiger partial charge in [0, 0.05) is 31.1 Å². The van der Waals surface area contributed by atoms with E-state index in [4.69, 9.17) is 5.73 Å². The molecular weight excluding hydrogens is 250 g/mol. The molecule has 1 saturated carbocycles. The molecule has 0 radical (unpaired) electrons. The number of nitrogens with two attached hydrogens (primary N) is 1. The monoisotopic (exact) mass is 273 g/mol. The molecule has 5 heteroatoms. The van der Waals surface area contributed by atoms with Crippen LogP contribution in [0.2, 0.25) is 0 Å². The first kappa shape index (κ1) is 12.4. The maximum Gasteiger partial charge on any atom is 0.222 e. The van der Waals surface area contributed by atoms with E-state index in [-0.39, 0.29) is 0 Å². The van der Waals surface area contributed by atoms with Crippen molar-refractivity contribution in [3.8, 4) is 0 Å². The van der Waals surface area contributed by atoms with E-state index in [1.54, 1.807) is 0 Å². The second-order valence-electron chi connectivity index (χ2n) is 6.50. The fraction of sp³-hybridized carbons (Fsp3) is 0.733. The Morgan fingerprint density at radius 2 is 2.05 bits per heavy atom. The Morgan fingerprint density at radius 1 is 1.15 bits per heavy atom. The van der Waals surface area contributed by atoms with Gasteiger partial charge in [-0.3, -0.25) is 0 Å². The average molecular weight is 273 g/mol. The highest BCUT2D eigenvalue weighted by atomic mass is 15.3. The van der Waals surface area contributed by atoms with Crippen molar-refractivity contribution in [2.24, 2.45) is 5.92 Å². The highest BCUT2D eigenvalue weighted by Gasteiger charge is 2.35. The van der Waals surface area contributed by atoms with Crippen molar-refractivity contribution in [3.63, 3.8) is 0 Å². The maximum atomic E-state index is 5.93. The number of hydrogen-bond donors (Lipinski definition) is 2. The second-order valence-corrected chi connectivity index (χ2v) is 6.50. The predicted octanol–water partition coefficient (Wildman–Crippen LogP) is 1.51. The number of piperidine rings is 1. The largest absolute Gasteiger partial charge is 0.368 e. The summed E-state index contributed by atoms with van der Waals surface area (Å²) in [5.74, 6) is 2.86. The third-order valence-corrected chi connectivity index (χ3v) is 5.20. The zero-order valence-electron chi connectivity index (χ0n) is 11.9. The molecule has 0 aromatic carbocycles. The van der Waals surface area contributed by atoms with Crippen LogP contribution in [0.3, 0.4) is 0 Å². The standard InChI is InChI=1S/C15H23N5/c16-15-18-12(10-3-1-4-10)7-14(19-15)20-8-11-5-2-6-17-13(11)9-20/h7,10-11,13,17H,1-6,8-9H2,(H2,16,18,19)/t11-,13+/m1/s1. The van der Waals surface area contributed by atoms with Gasteiger partial charge in [-0.05, 0) is 38.1 Å². The fourth-order valence-corrected chi connectivity index (χ4v) is 3.78. The number of rotatable bonds is 2. The molecule has 20 heavy (non-hydrogen) atoms. The van der Waals surface area contributed by atoms with Gasteiger partial charge in [0.2, 0.25) is 5.95 Å². The molecule has 108 valence electrons. The molecule has 2 atom stereocenters. The van der Waals surface area contributed by atoms with Crippen molar-refractivity contribution in [3.05, 3.63) is 11.8 Å². The number of hydrogen-bond acceptors (Lipinski definition) is 5. The minimum atomic E-state index is 0.437. The van der Waals surface area contributed by atoms with Gasteiger partial charge in [0.1, 0.15) is 5.82 Å². The molecule has 2 aliphatic heterocycles. The van der Waals surface area contributed by atoms with E-state index in [0.29, 0.717) is 17.9 Å². The molecule has 3 heterocycles. The summed E-state index contributed by atoms with van der Waals surface area (Å²) in [6.45, 7) is 3.33. The highest BCUT2D eigenvalue weighted by Crippen LogP contribution is 2.37. The van der Waals surface area contributed by atoms with Gasteiger partial charge in [-0.1, -0.05) is 6.42 Å². The lowest BCUT2D eigenvalue weighted by atomic mass is 9.83. The van der Waals surface area contributed by atoms with E-state index in [1.807, 2.05) is 0 Å². The molecule has 3 N–H and O–H groups in total. The Morgan fingerprint density at radius 3 is 2.80 bits per heavy atom. The minimum absolute atomic E-state index is 0.437. The number of fused-ring (bicyclic) bond motifs is 1. The van der Waals surface area contributed by atoms with Crippen molar-refractivity contribution >= 4 is 11.8 Å². The molecule has 1 aromatic heterocycles. The van der Waals surface area contributed by atoms with Gasteiger partial charge < -0.3 is 16.0 Å². The average Bonchev–Trinajstić information content (AvgIpc) is 2.79. The fourth-order valence-electron chi connectivity index (χ4n) is 3.78. The molecule has 5 nitrogen and oxygen atoms in total. The van der Waals surface area contributed by atoms with Gasteiger partial charge in [-0.2, -0.15) is 4.98 Å². The zero-order valence-corrected chi connectivity index (χ0v) is 11.9. The van der Waals surface area contributed by atoms with Crippen LogP contribution in [0.5, 0.6) is 0 Å². The molecule has 0 unspecified atom stereocenters. The lowest BCUT2D eigenvalue weighted by molar-refractivity contribution is 0.340. The topological polar surface area (TPSA) is 67.1 Å². The van der Waals surface area contributed by atoms with Crippen LogP contribution < -0.4 is 16.0 Å². The zero-order chi connectivity index (χ0) is 13.5. The van der Waals surface area contributed by atoms with E-state index >= 15 is 0 Å².